The number of guanidine groups is 1. The Bertz CT molecular complexity index is 548. The van der Waals surface area contributed by atoms with Crippen LogP contribution in [0, 0.1) is 0 Å². The fraction of sp³-hybridized carbons (Fsp3) is 0.667. The Morgan fingerprint density at radius 3 is 2.40 bits per heavy atom. The summed E-state index contributed by atoms with van der Waals surface area (Å²) in [5.74, 6) is 0.766. The zero-order chi connectivity index (χ0) is 18.9. The van der Waals surface area contributed by atoms with Gasteiger partial charge in [0.2, 0.25) is 0 Å². The molecule has 3 N–H and O–H groups in total. The van der Waals surface area contributed by atoms with Crippen molar-refractivity contribution in [3.05, 3.63) is 22.4 Å². The molecule has 25 heavy (non-hydrogen) atoms. The minimum absolute atomic E-state index is 0.0457. The van der Waals surface area contributed by atoms with Crippen molar-refractivity contribution >= 4 is 23.4 Å². The normalized spacial score (nSPS) is 12.6. The van der Waals surface area contributed by atoms with Crippen LogP contribution in [0.5, 0.6) is 0 Å². The Balaban J connectivity index is 2.24. The molecule has 0 atom stereocenters. The predicted octanol–water partition coefficient (Wildman–Crippen LogP) is 3.11. The van der Waals surface area contributed by atoms with E-state index >= 15 is 0 Å². The zero-order valence-corrected chi connectivity index (χ0v) is 17.0. The third-order valence-electron chi connectivity index (χ3n) is 3.42. The van der Waals surface area contributed by atoms with Gasteiger partial charge in [-0.3, -0.25) is 4.99 Å². The van der Waals surface area contributed by atoms with E-state index in [0.29, 0.717) is 6.54 Å². The molecule has 0 aliphatic rings. The summed E-state index contributed by atoms with van der Waals surface area (Å²) in [6.07, 6.45) is 0.404. The van der Waals surface area contributed by atoms with Crippen LogP contribution in [0.15, 0.2) is 22.5 Å². The fourth-order valence-corrected chi connectivity index (χ4v) is 2.93. The van der Waals surface area contributed by atoms with E-state index in [0.717, 1.165) is 25.5 Å². The molecule has 0 saturated heterocycles. The summed E-state index contributed by atoms with van der Waals surface area (Å²) >= 11 is 1.77. The van der Waals surface area contributed by atoms with E-state index in [2.05, 4.69) is 52.3 Å². The summed E-state index contributed by atoms with van der Waals surface area (Å²) in [5, 5.41) is 11.5. The van der Waals surface area contributed by atoms with Crippen molar-refractivity contribution in [2.45, 2.75) is 52.1 Å². The van der Waals surface area contributed by atoms with E-state index < -0.39 is 5.60 Å². The van der Waals surface area contributed by atoms with Crippen molar-refractivity contribution in [1.82, 2.24) is 16.0 Å². The van der Waals surface area contributed by atoms with E-state index in [1.807, 2.05) is 20.8 Å². The molecule has 0 bridgehead atoms. The number of rotatable bonds is 7. The second-order valence-electron chi connectivity index (χ2n) is 7.50. The Hall–Kier alpha value is -1.76. The van der Waals surface area contributed by atoms with Gasteiger partial charge in [-0.25, -0.2) is 4.79 Å². The van der Waals surface area contributed by atoms with Gasteiger partial charge >= 0.3 is 6.09 Å². The van der Waals surface area contributed by atoms with E-state index in [1.54, 1.807) is 18.4 Å². The topological polar surface area (TPSA) is 74.8 Å². The van der Waals surface area contributed by atoms with Crippen molar-refractivity contribution in [3.63, 3.8) is 0 Å². The number of nitrogens with one attached hydrogen (secondary N) is 3. The maximum atomic E-state index is 11.5. The molecule has 1 aromatic rings. The van der Waals surface area contributed by atoms with Crippen molar-refractivity contribution in [3.8, 4) is 0 Å². The first-order valence-electron chi connectivity index (χ1n) is 8.59. The first kappa shape index (κ1) is 21.3. The number of carbonyl (C=O) groups is 1. The highest BCUT2D eigenvalue weighted by Crippen LogP contribution is 2.26. The predicted molar refractivity (Wildman–Crippen MR) is 106 cm³/mol. The molecule has 1 rings (SSSR count). The summed E-state index contributed by atoms with van der Waals surface area (Å²) in [4.78, 5) is 17.1. The summed E-state index contributed by atoms with van der Waals surface area (Å²) in [6.45, 7) is 12.0. The summed E-state index contributed by atoms with van der Waals surface area (Å²) < 4.78 is 5.19. The average Bonchev–Trinajstić information content (AvgIpc) is 3.03. The average molecular weight is 369 g/mol. The van der Waals surface area contributed by atoms with Crippen LogP contribution in [0.3, 0.4) is 0 Å². The van der Waals surface area contributed by atoms with Crippen molar-refractivity contribution in [2.24, 2.45) is 4.99 Å². The number of ether oxygens (including phenoxy) is 1. The number of hydrogen-bond acceptors (Lipinski definition) is 4. The molecule has 0 unspecified atom stereocenters. The molecule has 1 amide bonds. The maximum Gasteiger partial charge on any atom is 0.407 e. The summed E-state index contributed by atoms with van der Waals surface area (Å²) in [7, 11) is 1.76. The zero-order valence-electron chi connectivity index (χ0n) is 16.2. The summed E-state index contributed by atoms with van der Waals surface area (Å²) in [5.41, 5.74) is -0.423. The Morgan fingerprint density at radius 1 is 1.16 bits per heavy atom. The van der Waals surface area contributed by atoms with Crippen LogP contribution >= 0.6 is 11.3 Å². The van der Waals surface area contributed by atoms with Gasteiger partial charge in [-0.1, -0.05) is 19.9 Å². The maximum absolute atomic E-state index is 11.5. The third kappa shape index (κ3) is 8.77. The molecule has 0 aliphatic carbocycles. The van der Waals surface area contributed by atoms with Gasteiger partial charge in [0.15, 0.2) is 5.96 Å². The highest BCUT2D eigenvalue weighted by atomic mass is 32.1. The van der Waals surface area contributed by atoms with E-state index in [4.69, 9.17) is 4.74 Å². The minimum atomic E-state index is -0.469. The first-order valence-corrected chi connectivity index (χ1v) is 9.47. The van der Waals surface area contributed by atoms with E-state index in [9.17, 15) is 4.79 Å². The molecule has 0 saturated carbocycles. The molecule has 0 aromatic carbocycles. The number of aliphatic imine (C=N–C) groups is 1. The molecule has 6 nitrogen and oxygen atoms in total. The lowest BCUT2D eigenvalue weighted by molar-refractivity contribution is 0.0527. The van der Waals surface area contributed by atoms with Gasteiger partial charge in [-0.15, -0.1) is 11.3 Å². The molecule has 142 valence electrons. The van der Waals surface area contributed by atoms with E-state index in [1.165, 1.54) is 4.88 Å². The third-order valence-corrected chi connectivity index (χ3v) is 4.66. The second-order valence-corrected chi connectivity index (χ2v) is 8.44. The van der Waals surface area contributed by atoms with Crippen molar-refractivity contribution in [1.29, 1.82) is 0 Å². The Morgan fingerprint density at radius 2 is 1.84 bits per heavy atom. The quantitative estimate of drug-likeness (QED) is 0.393. The standard InChI is InChI=1S/C18H32N4O2S/c1-17(2,3)24-16(23)21-11-8-10-20-15(19-6)22-13-18(4,5)14-9-7-12-25-14/h7,9,12H,8,10-11,13H2,1-6H3,(H,21,23)(H2,19,20,22). The van der Waals surface area contributed by atoms with Crippen LogP contribution in [0.4, 0.5) is 4.79 Å². The molecule has 1 aromatic heterocycles. The largest absolute Gasteiger partial charge is 0.444 e. The lowest BCUT2D eigenvalue weighted by atomic mass is 9.91. The lowest BCUT2D eigenvalue weighted by Gasteiger charge is -2.25. The highest BCUT2D eigenvalue weighted by molar-refractivity contribution is 7.10. The van der Waals surface area contributed by atoms with Gasteiger partial charge in [0, 0.05) is 37.0 Å². The number of carbonyl (C=O) groups excluding carboxylic acids is 1. The number of hydrogen-bond donors (Lipinski definition) is 3. The molecule has 0 radical (unpaired) electrons. The number of thiophene rings is 1. The summed E-state index contributed by atoms with van der Waals surface area (Å²) in [6, 6.07) is 4.23. The van der Waals surface area contributed by atoms with E-state index in [-0.39, 0.29) is 11.5 Å². The minimum Gasteiger partial charge on any atom is -0.444 e. The van der Waals surface area contributed by atoms with Crippen LogP contribution < -0.4 is 16.0 Å². The SMILES string of the molecule is CN=C(NCCCNC(=O)OC(C)(C)C)NCC(C)(C)c1cccs1. The van der Waals surface area contributed by atoms with Gasteiger partial charge in [0.05, 0.1) is 0 Å². The van der Waals surface area contributed by atoms with Crippen LogP contribution in [0.1, 0.15) is 45.9 Å². The first-order chi connectivity index (χ1) is 11.6. The Labute approximate surface area is 155 Å². The van der Waals surface area contributed by atoms with Crippen LogP contribution in [0.2, 0.25) is 0 Å². The Kier molecular flexibility index (Phi) is 8.22. The fourth-order valence-electron chi connectivity index (χ4n) is 2.08. The molecule has 1 heterocycles. The van der Waals surface area contributed by atoms with Crippen LogP contribution in [-0.2, 0) is 10.2 Å². The van der Waals surface area contributed by atoms with Gasteiger partial charge < -0.3 is 20.7 Å². The van der Waals surface area contributed by atoms with Gasteiger partial charge in [-0.05, 0) is 38.6 Å². The van der Waals surface area contributed by atoms with Crippen molar-refractivity contribution in [2.75, 3.05) is 26.7 Å². The molecule has 7 heteroatoms. The van der Waals surface area contributed by atoms with Gasteiger partial charge in [-0.2, -0.15) is 0 Å². The molecular weight excluding hydrogens is 336 g/mol. The highest BCUT2D eigenvalue weighted by Gasteiger charge is 2.21. The smallest absolute Gasteiger partial charge is 0.407 e. The van der Waals surface area contributed by atoms with Gasteiger partial charge in [0.1, 0.15) is 5.60 Å². The van der Waals surface area contributed by atoms with Crippen LogP contribution in [-0.4, -0.2) is 44.3 Å². The lowest BCUT2D eigenvalue weighted by Crippen LogP contribution is -2.44. The molecule has 0 fully saturated rings. The number of amides is 1. The molecule has 0 aliphatic heterocycles. The number of alkyl carbamates (subject to hydrolysis) is 1. The monoisotopic (exact) mass is 368 g/mol. The molecule has 0 spiro atoms. The van der Waals surface area contributed by atoms with Gasteiger partial charge in [0.25, 0.3) is 0 Å². The van der Waals surface area contributed by atoms with Crippen LogP contribution in [0.25, 0.3) is 0 Å². The molecular formula is C18H32N4O2S. The number of nitrogens with zero attached hydrogens (tertiary/aromatic N) is 1. The second kappa shape index (κ2) is 9.65. The van der Waals surface area contributed by atoms with Crippen molar-refractivity contribution < 1.29 is 9.53 Å².